The van der Waals surface area contributed by atoms with E-state index in [9.17, 15) is 9.59 Å². The lowest BCUT2D eigenvalue weighted by molar-refractivity contribution is 0.101. The third-order valence-corrected chi connectivity index (χ3v) is 3.59. The van der Waals surface area contributed by atoms with E-state index in [-0.39, 0.29) is 17.9 Å². The number of aromatic nitrogens is 3. The lowest BCUT2D eigenvalue weighted by Gasteiger charge is -2.08. The zero-order valence-corrected chi connectivity index (χ0v) is 12.4. The molecular weight excluding hydrogens is 278 g/mol. The van der Waals surface area contributed by atoms with E-state index in [4.69, 9.17) is 0 Å². The van der Waals surface area contributed by atoms with Crippen LogP contribution in [0.1, 0.15) is 28.4 Å². The molecule has 1 heterocycles. The minimum atomic E-state index is -0.202. The SMILES string of the molecule is CC(=O)c1ccccc1Cn1nnc2ccc(C)cc2c1=O. The van der Waals surface area contributed by atoms with Gasteiger partial charge in [-0.1, -0.05) is 41.1 Å². The number of carbonyl (C=O) groups is 1. The Morgan fingerprint density at radius 3 is 2.73 bits per heavy atom. The van der Waals surface area contributed by atoms with Gasteiger partial charge in [-0.15, -0.1) is 5.10 Å². The summed E-state index contributed by atoms with van der Waals surface area (Å²) in [5.74, 6) is -0.0340. The number of nitrogens with zero attached hydrogens (tertiary/aromatic N) is 3. The number of ketones is 1. The summed E-state index contributed by atoms with van der Waals surface area (Å²) in [5, 5.41) is 8.59. The second-order valence-electron chi connectivity index (χ2n) is 5.29. The molecule has 5 heteroatoms. The van der Waals surface area contributed by atoms with Crippen molar-refractivity contribution in [3.8, 4) is 0 Å². The first-order chi connectivity index (χ1) is 10.6. The highest BCUT2D eigenvalue weighted by Gasteiger charge is 2.10. The summed E-state index contributed by atoms with van der Waals surface area (Å²) in [7, 11) is 0. The fourth-order valence-electron chi connectivity index (χ4n) is 2.46. The van der Waals surface area contributed by atoms with Crippen LogP contribution in [0, 0.1) is 6.92 Å². The molecule has 0 unspecified atom stereocenters. The average molecular weight is 293 g/mol. The standard InChI is InChI=1S/C17H15N3O2/c1-11-7-8-16-15(9-11)17(22)20(19-18-16)10-13-5-3-4-6-14(13)12(2)21/h3-9H,10H2,1-2H3. The summed E-state index contributed by atoms with van der Waals surface area (Å²) in [5.41, 5.74) is 2.73. The summed E-state index contributed by atoms with van der Waals surface area (Å²) in [6.45, 7) is 3.66. The smallest absolute Gasteiger partial charge is 0.277 e. The van der Waals surface area contributed by atoms with Crippen LogP contribution in [-0.2, 0) is 6.54 Å². The van der Waals surface area contributed by atoms with E-state index in [0.717, 1.165) is 11.1 Å². The second kappa shape index (κ2) is 5.52. The average Bonchev–Trinajstić information content (AvgIpc) is 2.51. The van der Waals surface area contributed by atoms with Gasteiger partial charge >= 0.3 is 0 Å². The van der Waals surface area contributed by atoms with E-state index in [1.165, 1.54) is 11.6 Å². The van der Waals surface area contributed by atoms with Gasteiger partial charge in [-0.2, -0.15) is 0 Å². The van der Waals surface area contributed by atoms with Crippen LogP contribution in [0.25, 0.3) is 10.9 Å². The molecule has 0 amide bonds. The zero-order chi connectivity index (χ0) is 15.7. The van der Waals surface area contributed by atoms with Gasteiger partial charge in [0.25, 0.3) is 5.56 Å². The normalized spacial score (nSPS) is 10.8. The Morgan fingerprint density at radius 1 is 1.18 bits per heavy atom. The van der Waals surface area contributed by atoms with Gasteiger partial charge in [-0.05, 0) is 31.5 Å². The molecule has 0 aliphatic rings. The van der Waals surface area contributed by atoms with E-state index < -0.39 is 0 Å². The van der Waals surface area contributed by atoms with Crippen molar-refractivity contribution in [1.29, 1.82) is 0 Å². The van der Waals surface area contributed by atoms with E-state index in [2.05, 4.69) is 10.3 Å². The molecule has 22 heavy (non-hydrogen) atoms. The van der Waals surface area contributed by atoms with Gasteiger partial charge < -0.3 is 0 Å². The molecule has 3 rings (SSSR count). The third kappa shape index (κ3) is 2.53. The summed E-state index contributed by atoms with van der Waals surface area (Å²) in [6, 6.07) is 12.7. The molecule has 1 aromatic heterocycles. The van der Waals surface area contributed by atoms with Crippen molar-refractivity contribution in [3.05, 3.63) is 69.5 Å². The first-order valence-corrected chi connectivity index (χ1v) is 6.99. The second-order valence-corrected chi connectivity index (χ2v) is 5.29. The topological polar surface area (TPSA) is 64.8 Å². The van der Waals surface area contributed by atoms with Crippen LogP contribution in [-0.4, -0.2) is 20.8 Å². The minimum Gasteiger partial charge on any atom is -0.294 e. The van der Waals surface area contributed by atoms with Crippen LogP contribution in [0.15, 0.2) is 47.3 Å². The quantitative estimate of drug-likeness (QED) is 0.695. The number of hydrogen-bond acceptors (Lipinski definition) is 4. The molecule has 0 saturated carbocycles. The molecule has 5 nitrogen and oxygen atoms in total. The van der Waals surface area contributed by atoms with Crippen LogP contribution in [0.2, 0.25) is 0 Å². The molecule has 0 aliphatic heterocycles. The van der Waals surface area contributed by atoms with Crippen molar-refractivity contribution in [3.63, 3.8) is 0 Å². The van der Waals surface area contributed by atoms with Crippen molar-refractivity contribution in [2.75, 3.05) is 0 Å². The number of carbonyl (C=O) groups excluding carboxylic acids is 1. The maximum atomic E-state index is 12.5. The first kappa shape index (κ1) is 14.1. The van der Waals surface area contributed by atoms with Crippen LogP contribution in [0.3, 0.4) is 0 Å². The molecule has 0 N–H and O–H groups in total. The van der Waals surface area contributed by atoms with Gasteiger partial charge in [0.15, 0.2) is 5.78 Å². The van der Waals surface area contributed by atoms with Crippen molar-refractivity contribution in [1.82, 2.24) is 15.0 Å². The molecule has 0 spiro atoms. The van der Waals surface area contributed by atoms with Gasteiger partial charge in [0.2, 0.25) is 0 Å². The van der Waals surface area contributed by atoms with Gasteiger partial charge in [0.05, 0.1) is 11.9 Å². The first-order valence-electron chi connectivity index (χ1n) is 6.99. The summed E-state index contributed by atoms with van der Waals surface area (Å²) in [4.78, 5) is 24.2. The highest BCUT2D eigenvalue weighted by molar-refractivity contribution is 5.95. The Hall–Kier alpha value is -2.82. The van der Waals surface area contributed by atoms with E-state index >= 15 is 0 Å². The fraction of sp³-hybridized carbons (Fsp3) is 0.176. The highest BCUT2D eigenvalue weighted by Crippen LogP contribution is 2.12. The maximum Gasteiger partial charge on any atom is 0.277 e. The molecule has 0 fully saturated rings. The number of rotatable bonds is 3. The number of aryl methyl sites for hydroxylation is 1. The van der Waals surface area contributed by atoms with Crippen LogP contribution in [0.5, 0.6) is 0 Å². The molecule has 0 radical (unpaired) electrons. The molecular formula is C17H15N3O2. The van der Waals surface area contributed by atoms with E-state index in [1.807, 2.05) is 25.1 Å². The Morgan fingerprint density at radius 2 is 1.95 bits per heavy atom. The monoisotopic (exact) mass is 293 g/mol. The van der Waals surface area contributed by atoms with Crippen LogP contribution in [0.4, 0.5) is 0 Å². The zero-order valence-electron chi connectivity index (χ0n) is 12.4. The van der Waals surface area contributed by atoms with Crippen molar-refractivity contribution < 1.29 is 4.79 Å². The molecule has 0 aliphatic carbocycles. The predicted octanol–water partition coefficient (Wildman–Crippen LogP) is 2.35. The molecule has 3 aromatic rings. The molecule has 2 aromatic carbocycles. The Kier molecular flexibility index (Phi) is 3.55. The van der Waals surface area contributed by atoms with Gasteiger partial charge in [0.1, 0.15) is 5.52 Å². The summed E-state index contributed by atoms with van der Waals surface area (Å²) in [6.07, 6.45) is 0. The number of Topliss-reactive ketones (excluding diaryl/α,β-unsaturated/α-hetero) is 1. The Bertz CT molecular complexity index is 929. The fourth-order valence-corrected chi connectivity index (χ4v) is 2.46. The third-order valence-electron chi connectivity index (χ3n) is 3.59. The van der Waals surface area contributed by atoms with Gasteiger partial charge in [-0.25, -0.2) is 4.68 Å². The van der Waals surface area contributed by atoms with Crippen LogP contribution < -0.4 is 5.56 Å². The number of hydrogen-bond donors (Lipinski definition) is 0. The Balaban J connectivity index is 2.11. The lowest BCUT2D eigenvalue weighted by Crippen LogP contribution is -2.25. The van der Waals surface area contributed by atoms with Crippen molar-refractivity contribution >= 4 is 16.7 Å². The maximum absolute atomic E-state index is 12.5. The van der Waals surface area contributed by atoms with Gasteiger partial charge in [-0.3, -0.25) is 9.59 Å². The number of benzene rings is 2. The predicted molar refractivity (Wildman–Crippen MR) is 84.1 cm³/mol. The minimum absolute atomic E-state index is 0.0340. The number of fused-ring (bicyclic) bond motifs is 1. The molecule has 110 valence electrons. The molecule has 0 saturated heterocycles. The lowest BCUT2D eigenvalue weighted by atomic mass is 10.0. The summed E-state index contributed by atoms with van der Waals surface area (Å²) < 4.78 is 1.30. The van der Waals surface area contributed by atoms with Crippen LogP contribution >= 0.6 is 0 Å². The molecule has 0 atom stereocenters. The summed E-state index contributed by atoms with van der Waals surface area (Å²) >= 11 is 0. The van der Waals surface area contributed by atoms with Crippen molar-refractivity contribution in [2.45, 2.75) is 20.4 Å². The van der Waals surface area contributed by atoms with Gasteiger partial charge in [0, 0.05) is 5.56 Å². The van der Waals surface area contributed by atoms with Crippen molar-refractivity contribution in [2.24, 2.45) is 0 Å². The largest absolute Gasteiger partial charge is 0.294 e. The highest BCUT2D eigenvalue weighted by atomic mass is 16.1. The van der Waals surface area contributed by atoms with E-state index in [1.54, 1.807) is 24.3 Å². The van der Waals surface area contributed by atoms with E-state index in [0.29, 0.717) is 16.5 Å². The molecule has 0 bridgehead atoms. The Labute approximate surface area is 127 Å².